The van der Waals surface area contributed by atoms with Crippen molar-refractivity contribution < 1.29 is 17.9 Å². The fourth-order valence-electron chi connectivity index (χ4n) is 0.923. The van der Waals surface area contributed by atoms with Crippen LogP contribution in [0, 0.1) is 0 Å². The van der Waals surface area contributed by atoms with Crippen molar-refractivity contribution in [2.45, 2.75) is 13.8 Å². The third-order valence-corrected chi connectivity index (χ3v) is 3.10. The van der Waals surface area contributed by atoms with E-state index in [0.717, 1.165) is 4.31 Å². The van der Waals surface area contributed by atoms with Crippen molar-refractivity contribution in [1.29, 1.82) is 0 Å². The lowest BCUT2D eigenvalue weighted by molar-refractivity contribution is 0.158. The van der Waals surface area contributed by atoms with E-state index in [-0.39, 0.29) is 26.2 Å². The van der Waals surface area contributed by atoms with Gasteiger partial charge in [-0.15, -0.1) is 0 Å². The molecule has 0 aromatic heterocycles. The monoisotopic (exact) mass is 239 g/mol. The second kappa shape index (κ2) is 6.59. The molecule has 0 aromatic rings. The number of nitrogens with zero attached hydrogens (tertiary/aromatic N) is 1. The molecule has 0 saturated carbocycles. The lowest BCUT2D eigenvalue weighted by Crippen LogP contribution is -2.45. The van der Waals surface area contributed by atoms with Gasteiger partial charge in [0.1, 0.15) is 0 Å². The van der Waals surface area contributed by atoms with Crippen molar-refractivity contribution >= 4 is 16.3 Å². The van der Waals surface area contributed by atoms with E-state index >= 15 is 0 Å². The van der Waals surface area contributed by atoms with E-state index in [9.17, 15) is 13.2 Å². The zero-order chi connectivity index (χ0) is 11.9. The average Bonchev–Trinajstić information content (AvgIpc) is 2.13. The van der Waals surface area contributed by atoms with E-state index < -0.39 is 16.3 Å². The molecule has 0 spiro atoms. The minimum Gasteiger partial charge on any atom is -0.449 e. The number of nitrogens with one attached hydrogen (secondary N) is 1. The zero-order valence-corrected chi connectivity index (χ0v) is 9.71. The number of amides is 1. The van der Waals surface area contributed by atoms with Crippen LogP contribution in [0.25, 0.3) is 0 Å². The van der Waals surface area contributed by atoms with Crippen LogP contribution in [-0.4, -0.2) is 45.1 Å². The third kappa shape index (κ3) is 4.96. The molecule has 0 aliphatic carbocycles. The van der Waals surface area contributed by atoms with Gasteiger partial charge in [0.15, 0.2) is 0 Å². The zero-order valence-electron chi connectivity index (χ0n) is 8.89. The molecule has 0 aliphatic rings. The van der Waals surface area contributed by atoms with Crippen LogP contribution >= 0.6 is 0 Å². The number of hydrogen-bond donors (Lipinski definition) is 2. The van der Waals surface area contributed by atoms with Crippen LogP contribution < -0.4 is 10.5 Å². The van der Waals surface area contributed by atoms with Crippen molar-refractivity contribution in [1.82, 2.24) is 9.03 Å². The van der Waals surface area contributed by atoms with Gasteiger partial charge in [-0.2, -0.15) is 12.7 Å². The molecular weight excluding hydrogens is 222 g/mol. The topological polar surface area (TPSA) is 102 Å². The molecule has 1 amide bonds. The van der Waals surface area contributed by atoms with Gasteiger partial charge in [-0.1, -0.05) is 6.92 Å². The van der Waals surface area contributed by atoms with Gasteiger partial charge in [-0.05, 0) is 6.92 Å². The Balaban J connectivity index is 4.44. The molecule has 0 radical (unpaired) electrons. The predicted molar refractivity (Wildman–Crippen MR) is 55.4 cm³/mol. The first kappa shape index (κ1) is 14.1. The maximum absolute atomic E-state index is 11.5. The average molecular weight is 239 g/mol. The molecule has 0 saturated heterocycles. The van der Waals surface area contributed by atoms with Crippen molar-refractivity contribution in [2.24, 2.45) is 5.73 Å². The first-order valence-electron chi connectivity index (χ1n) is 4.62. The highest BCUT2D eigenvalue weighted by Crippen LogP contribution is 1.96. The number of ether oxygens (including phenoxy) is 1. The minimum atomic E-state index is -3.83. The molecule has 8 heteroatoms. The quantitative estimate of drug-likeness (QED) is 0.635. The maximum atomic E-state index is 11.5. The van der Waals surface area contributed by atoms with Crippen molar-refractivity contribution in [3.63, 3.8) is 0 Å². The second-order valence-electron chi connectivity index (χ2n) is 2.61. The molecule has 0 bridgehead atoms. The van der Waals surface area contributed by atoms with Crippen molar-refractivity contribution in [3.05, 3.63) is 0 Å². The highest BCUT2D eigenvalue weighted by atomic mass is 32.2. The van der Waals surface area contributed by atoms with Crippen molar-refractivity contribution in [3.8, 4) is 0 Å². The van der Waals surface area contributed by atoms with Gasteiger partial charge in [0.2, 0.25) is 0 Å². The standard InChI is InChI=1S/C7H17N3O4S/c1-3-10(6-5-8)15(12,13)9-7(11)14-4-2/h3-6,8H2,1-2H3,(H,9,11). The van der Waals surface area contributed by atoms with E-state index in [4.69, 9.17) is 5.73 Å². The first-order chi connectivity index (χ1) is 6.97. The van der Waals surface area contributed by atoms with Gasteiger partial charge in [-0.3, -0.25) is 0 Å². The fraction of sp³-hybridized carbons (Fsp3) is 0.857. The fourth-order valence-corrected chi connectivity index (χ4v) is 2.01. The first-order valence-corrected chi connectivity index (χ1v) is 6.06. The van der Waals surface area contributed by atoms with Gasteiger partial charge >= 0.3 is 16.3 Å². The smallest absolute Gasteiger partial charge is 0.421 e. The Hall–Kier alpha value is -0.860. The Morgan fingerprint density at radius 2 is 2.07 bits per heavy atom. The second-order valence-corrected chi connectivity index (χ2v) is 4.28. The summed E-state index contributed by atoms with van der Waals surface area (Å²) in [4.78, 5) is 10.9. The van der Waals surface area contributed by atoms with Crippen LogP contribution in [0.15, 0.2) is 0 Å². The molecular formula is C7H17N3O4S. The van der Waals surface area contributed by atoms with E-state index in [0.29, 0.717) is 0 Å². The van der Waals surface area contributed by atoms with E-state index in [2.05, 4.69) is 4.74 Å². The molecule has 90 valence electrons. The number of rotatable bonds is 6. The third-order valence-electron chi connectivity index (χ3n) is 1.56. The Morgan fingerprint density at radius 1 is 1.47 bits per heavy atom. The molecule has 0 aliphatic heterocycles. The van der Waals surface area contributed by atoms with E-state index in [1.807, 2.05) is 0 Å². The summed E-state index contributed by atoms with van der Waals surface area (Å²) >= 11 is 0. The lowest BCUT2D eigenvalue weighted by Gasteiger charge is -2.19. The molecule has 0 fully saturated rings. The predicted octanol–water partition coefficient (Wildman–Crippen LogP) is -0.742. The highest BCUT2D eigenvalue weighted by Gasteiger charge is 2.22. The van der Waals surface area contributed by atoms with E-state index in [1.165, 1.54) is 0 Å². The molecule has 0 unspecified atom stereocenters. The summed E-state index contributed by atoms with van der Waals surface area (Å²) in [5, 5.41) is 0. The summed E-state index contributed by atoms with van der Waals surface area (Å²) in [5.74, 6) is 0. The molecule has 0 heterocycles. The Labute approximate surface area is 89.7 Å². The van der Waals surface area contributed by atoms with Crippen LogP contribution in [0.2, 0.25) is 0 Å². The minimum absolute atomic E-state index is 0.115. The summed E-state index contributed by atoms with van der Waals surface area (Å²) in [5.41, 5.74) is 5.24. The summed E-state index contributed by atoms with van der Waals surface area (Å²) in [6.45, 7) is 3.95. The van der Waals surface area contributed by atoms with Gasteiger partial charge in [0.05, 0.1) is 6.61 Å². The van der Waals surface area contributed by atoms with Crippen LogP contribution in [0.1, 0.15) is 13.8 Å². The summed E-state index contributed by atoms with van der Waals surface area (Å²) < 4.78 is 30.3. The molecule has 0 rings (SSSR count). The number of nitrogens with two attached hydrogens (primary N) is 1. The van der Waals surface area contributed by atoms with E-state index in [1.54, 1.807) is 18.6 Å². The molecule has 15 heavy (non-hydrogen) atoms. The molecule has 0 atom stereocenters. The number of carbonyl (C=O) groups is 1. The Bertz CT molecular complexity index is 291. The van der Waals surface area contributed by atoms with Gasteiger partial charge < -0.3 is 10.5 Å². The Kier molecular flexibility index (Phi) is 6.21. The van der Waals surface area contributed by atoms with Crippen LogP contribution in [0.4, 0.5) is 4.79 Å². The molecule has 7 nitrogen and oxygen atoms in total. The molecule has 3 N–H and O–H groups in total. The molecule has 0 aromatic carbocycles. The Morgan fingerprint density at radius 3 is 2.47 bits per heavy atom. The summed E-state index contributed by atoms with van der Waals surface area (Å²) in [6, 6.07) is 0. The summed E-state index contributed by atoms with van der Waals surface area (Å²) in [7, 11) is -3.83. The van der Waals surface area contributed by atoms with Gasteiger partial charge in [0.25, 0.3) is 0 Å². The summed E-state index contributed by atoms with van der Waals surface area (Å²) in [6.07, 6.45) is -0.979. The SMILES string of the molecule is CCOC(=O)NS(=O)(=O)N(CC)CCN. The van der Waals surface area contributed by atoms with Crippen LogP contribution in [0.5, 0.6) is 0 Å². The van der Waals surface area contributed by atoms with Crippen LogP contribution in [0.3, 0.4) is 0 Å². The van der Waals surface area contributed by atoms with Crippen LogP contribution in [-0.2, 0) is 14.9 Å². The number of likely N-dealkylation sites (N-methyl/N-ethyl adjacent to an activating group) is 1. The normalized spacial score (nSPS) is 11.5. The lowest BCUT2D eigenvalue weighted by atomic mass is 10.6. The largest absolute Gasteiger partial charge is 0.449 e. The van der Waals surface area contributed by atoms with Crippen molar-refractivity contribution in [2.75, 3.05) is 26.2 Å². The number of hydrogen-bond acceptors (Lipinski definition) is 5. The maximum Gasteiger partial charge on any atom is 0.421 e. The highest BCUT2D eigenvalue weighted by molar-refractivity contribution is 7.87. The van der Waals surface area contributed by atoms with Gasteiger partial charge in [-0.25, -0.2) is 9.52 Å². The number of carbonyl (C=O) groups excluding carboxylic acids is 1. The van der Waals surface area contributed by atoms with Gasteiger partial charge in [0, 0.05) is 19.6 Å².